The van der Waals surface area contributed by atoms with E-state index in [-0.39, 0.29) is 11.9 Å². The van der Waals surface area contributed by atoms with Gasteiger partial charge in [0.2, 0.25) is 0 Å². The van der Waals surface area contributed by atoms with Crippen LogP contribution in [0.1, 0.15) is 13.3 Å². The number of carbonyl (C=O) groups is 1. The molecule has 0 aromatic carbocycles. The summed E-state index contributed by atoms with van der Waals surface area (Å²) in [5.41, 5.74) is 0. The molecule has 1 aliphatic carbocycles. The Bertz CT molecular complexity index is 231. The number of hydrogen-bond donors (Lipinski definition) is 0. The molecule has 0 aromatic heterocycles. The van der Waals surface area contributed by atoms with Crippen molar-refractivity contribution in [1.29, 1.82) is 0 Å². The monoisotopic (exact) mass is 278 g/mol. The van der Waals surface area contributed by atoms with Crippen LogP contribution in [-0.4, -0.2) is 12.6 Å². The Morgan fingerprint density at radius 3 is 3.17 bits per heavy atom. The molecular weight excluding hydrogens is 267 g/mol. The second-order valence-electron chi connectivity index (χ2n) is 2.55. The van der Waals surface area contributed by atoms with E-state index in [1.807, 2.05) is 25.2 Å². The molecule has 66 valence electrons. The first-order chi connectivity index (χ1) is 5.74. The Morgan fingerprint density at radius 2 is 2.58 bits per heavy atom. The van der Waals surface area contributed by atoms with Crippen molar-refractivity contribution in [3.05, 3.63) is 21.8 Å². The van der Waals surface area contributed by atoms with Crippen molar-refractivity contribution < 1.29 is 9.53 Å². The molecule has 12 heavy (non-hydrogen) atoms. The summed E-state index contributed by atoms with van der Waals surface area (Å²) in [7, 11) is 0. The lowest BCUT2D eigenvalue weighted by Crippen LogP contribution is -2.16. The molecule has 0 bridgehead atoms. The van der Waals surface area contributed by atoms with E-state index in [1.165, 1.54) is 0 Å². The number of ether oxygens (including phenoxy) is 1. The number of hydrogen-bond acceptors (Lipinski definition) is 2. The van der Waals surface area contributed by atoms with Crippen molar-refractivity contribution in [3.8, 4) is 0 Å². The SMILES string of the molecule is CCOC(=O)C1C=C(I)C=CC1. The Labute approximate surface area is 85.8 Å². The highest BCUT2D eigenvalue weighted by Crippen LogP contribution is 2.21. The number of carbonyl (C=O) groups excluding carboxylic acids is 1. The average molecular weight is 278 g/mol. The van der Waals surface area contributed by atoms with Gasteiger partial charge in [-0.05, 0) is 35.9 Å². The zero-order valence-corrected chi connectivity index (χ0v) is 9.08. The molecule has 1 unspecified atom stereocenters. The van der Waals surface area contributed by atoms with E-state index in [4.69, 9.17) is 4.74 Å². The molecule has 0 saturated carbocycles. The van der Waals surface area contributed by atoms with Gasteiger partial charge in [0.25, 0.3) is 0 Å². The van der Waals surface area contributed by atoms with Crippen molar-refractivity contribution in [2.24, 2.45) is 5.92 Å². The molecule has 1 rings (SSSR count). The molecular formula is C9H11IO2. The maximum absolute atomic E-state index is 11.2. The fourth-order valence-corrected chi connectivity index (χ4v) is 1.74. The van der Waals surface area contributed by atoms with Crippen molar-refractivity contribution in [2.75, 3.05) is 6.61 Å². The van der Waals surface area contributed by atoms with Crippen LogP contribution >= 0.6 is 22.6 Å². The fourth-order valence-electron chi connectivity index (χ4n) is 1.06. The van der Waals surface area contributed by atoms with Crippen LogP contribution in [0.25, 0.3) is 0 Å². The highest BCUT2D eigenvalue weighted by atomic mass is 127. The molecule has 2 nitrogen and oxygen atoms in total. The van der Waals surface area contributed by atoms with E-state index in [1.54, 1.807) is 0 Å². The molecule has 0 spiro atoms. The highest BCUT2D eigenvalue weighted by Gasteiger charge is 2.17. The highest BCUT2D eigenvalue weighted by molar-refractivity contribution is 14.1. The van der Waals surface area contributed by atoms with Gasteiger partial charge in [0.1, 0.15) is 0 Å². The van der Waals surface area contributed by atoms with E-state index in [0.29, 0.717) is 6.61 Å². The summed E-state index contributed by atoms with van der Waals surface area (Å²) in [6.45, 7) is 2.29. The number of allylic oxidation sites excluding steroid dienone is 3. The quantitative estimate of drug-likeness (QED) is 0.573. The molecule has 0 radical (unpaired) electrons. The van der Waals surface area contributed by atoms with E-state index in [2.05, 4.69) is 22.6 Å². The molecule has 0 heterocycles. The van der Waals surface area contributed by atoms with Crippen LogP contribution in [0.15, 0.2) is 21.8 Å². The predicted octanol–water partition coefficient (Wildman–Crippen LogP) is 2.44. The van der Waals surface area contributed by atoms with Crippen molar-refractivity contribution >= 4 is 28.6 Å². The Kier molecular flexibility index (Phi) is 3.78. The summed E-state index contributed by atoms with van der Waals surface area (Å²) in [5, 5.41) is 0. The molecule has 0 fully saturated rings. The van der Waals surface area contributed by atoms with Gasteiger partial charge < -0.3 is 4.74 Å². The van der Waals surface area contributed by atoms with Crippen LogP contribution in [0.3, 0.4) is 0 Å². The topological polar surface area (TPSA) is 26.3 Å². The second kappa shape index (κ2) is 4.64. The summed E-state index contributed by atoms with van der Waals surface area (Å²) in [4.78, 5) is 11.2. The minimum absolute atomic E-state index is 0.0677. The van der Waals surface area contributed by atoms with E-state index >= 15 is 0 Å². The fraction of sp³-hybridized carbons (Fsp3) is 0.444. The molecule has 1 atom stereocenters. The van der Waals surface area contributed by atoms with Gasteiger partial charge in [0, 0.05) is 3.58 Å². The third kappa shape index (κ3) is 2.62. The molecule has 0 aliphatic heterocycles. The normalized spacial score (nSPS) is 21.8. The lowest BCUT2D eigenvalue weighted by atomic mass is 10.0. The Balaban J connectivity index is 2.54. The molecule has 0 amide bonds. The van der Waals surface area contributed by atoms with Crippen LogP contribution in [0.4, 0.5) is 0 Å². The van der Waals surface area contributed by atoms with Crippen LogP contribution in [0.5, 0.6) is 0 Å². The lowest BCUT2D eigenvalue weighted by molar-refractivity contribution is -0.146. The molecule has 3 heteroatoms. The number of rotatable bonds is 2. The third-order valence-electron chi connectivity index (χ3n) is 1.62. The minimum Gasteiger partial charge on any atom is -0.466 e. The van der Waals surface area contributed by atoms with Gasteiger partial charge in [-0.1, -0.05) is 18.2 Å². The smallest absolute Gasteiger partial charge is 0.313 e. The average Bonchev–Trinajstić information content (AvgIpc) is 2.05. The molecule has 0 saturated heterocycles. The van der Waals surface area contributed by atoms with Crippen molar-refractivity contribution in [1.82, 2.24) is 0 Å². The summed E-state index contributed by atoms with van der Waals surface area (Å²) in [6, 6.07) is 0. The molecule has 1 aliphatic rings. The van der Waals surface area contributed by atoms with Crippen molar-refractivity contribution in [2.45, 2.75) is 13.3 Å². The van der Waals surface area contributed by atoms with E-state index in [9.17, 15) is 4.79 Å². The maximum atomic E-state index is 11.2. The van der Waals surface area contributed by atoms with Gasteiger partial charge in [-0.15, -0.1) is 0 Å². The third-order valence-corrected chi connectivity index (χ3v) is 2.34. The first-order valence-corrected chi connectivity index (χ1v) is 5.02. The van der Waals surface area contributed by atoms with Gasteiger partial charge in [0.05, 0.1) is 12.5 Å². The Morgan fingerprint density at radius 1 is 1.83 bits per heavy atom. The van der Waals surface area contributed by atoms with Crippen molar-refractivity contribution in [3.63, 3.8) is 0 Å². The van der Waals surface area contributed by atoms with Gasteiger partial charge in [-0.25, -0.2) is 0 Å². The van der Waals surface area contributed by atoms with Gasteiger partial charge in [-0.2, -0.15) is 0 Å². The zero-order valence-electron chi connectivity index (χ0n) is 6.92. The predicted molar refractivity (Wildman–Crippen MR) is 56.0 cm³/mol. The van der Waals surface area contributed by atoms with Crippen LogP contribution in [0, 0.1) is 5.92 Å². The molecule has 0 aromatic rings. The first-order valence-electron chi connectivity index (χ1n) is 3.94. The van der Waals surface area contributed by atoms with E-state index < -0.39 is 0 Å². The summed E-state index contributed by atoms with van der Waals surface area (Å²) in [6.07, 6.45) is 6.73. The maximum Gasteiger partial charge on any atom is 0.313 e. The van der Waals surface area contributed by atoms with Crippen LogP contribution in [0.2, 0.25) is 0 Å². The largest absolute Gasteiger partial charge is 0.466 e. The summed E-state index contributed by atoms with van der Waals surface area (Å²) < 4.78 is 6.02. The Hall–Kier alpha value is -0.320. The van der Waals surface area contributed by atoms with E-state index in [0.717, 1.165) is 10.0 Å². The van der Waals surface area contributed by atoms with Gasteiger partial charge >= 0.3 is 5.97 Å². The molecule has 0 N–H and O–H groups in total. The summed E-state index contributed by atoms with van der Waals surface area (Å²) in [5.74, 6) is -0.183. The van der Waals surface area contributed by atoms with Crippen LogP contribution < -0.4 is 0 Å². The van der Waals surface area contributed by atoms with Gasteiger partial charge in [-0.3, -0.25) is 4.79 Å². The standard InChI is InChI=1S/C9H11IO2/c1-2-12-9(11)7-4-3-5-8(10)6-7/h3,5-7H,2,4H2,1H3. The number of halogens is 1. The first kappa shape index (κ1) is 9.77. The lowest BCUT2D eigenvalue weighted by Gasteiger charge is -2.12. The van der Waals surface area contributed by atoms with Crippen LogP contribution in [-0.2, 0) is 9.53 Å². The summed E-state index contributed by atoms with van der Waals surface area (Å²) >= 11 is 2.20. The van der Waals surface area contributed by atoms with Gasteiger partial charge in [0.15, 0.2) is 0 Å². The minimum atomic E-state index is -0.115. The second-order valence-corrected chi connectivity index (χ2v) is 3.79. The zero-order chi connectivity index (χ0) is 8.97. The number of esters is 1.